The summed E-state index contributed by atoms with van der Waals surface area (Å²) < 4.78 is 10.6. The van der Waals surface area contributed by atoms with Crippen LogP contribution in [0.25, 0.3) is 6.08 Å². The molecule has 0 aromatic heterocycles. The molecule has 24 heavy (non-hydrogen) atoms. The maximum absolute atomic E-state index is 12.4. The third-order valence-electron chi connectivity index (χ3n) is 4.18. The minimum Gasteiger partial charge on any atom is -0.454 e. The Labute approximate surface area is 147 Å². The van der Waals surface area contributed by atoms with Crippen molar-refractivity contribution in [3.05, 3.63) is 28.8 Å². The molecule has 0 saturated carbocycles. The van der Waals surface area contributed by atoms with Crippen molar-refractivity contribution >= 4 is 23.6 Å². The zero-order valence-corrected chi connectivity index (χ0v) is 14.9. The van der Waals surface area contributed by atoms with E-state index in [1.54, 1.807) is 18.2 Å². The van der Waals surface area contributed by atoms with Gasteiger partial charge in [-0.3, -0.25) is 9.69 Å². The summed E-state index contributed by atoms with van der Waals surface area (Å²) in [6, 6.07) is 3.61. The van der Waals surface area contributed by atoms with Gasteiger partial charge < -0.3 is 14.4 Å². The molecular weight excluding hydrogens is 328 g/mol. The van der Waals surface area contributed by atoms with Crippen molar-refractivity contribution in [2.24, 2.45) is 5.92 Å². The Morgan fingerprint density at radius 2 is 2.00 bits per heavy atom. The third kappa shape index (κ3) is 4.02. The number of rotatable bonds is 4. The predicted molar refractivity (Wildman–Crippen MR) is 94.5 cm³/mol. The molecule has 0 spiro atoms. The highest BCUT2D eigenvalue weighted by Crippen LogP contribution is 2.40. The van der Waals surface area contributed by atoms with Crippen LogP contribution in [0.4, 0.5) is 0 Å². The van der Waals surface area contributed by atoms with Gasteiger partial charge in [-0.2, -0.15) is 0 Å². The van der Waals surface area contributed by atoms with E-state index in [4.69, 9.17) is 21.1 Å². The number of hydrogen-bond acceptors (Lipinski definition) is 4. The first-order valence-electron chi connectivity index (χ1n) is 8.31. The molecule has 3 rings (SSSR count). The minimum atomic E-state index is 0.0352. The van der Waals surface area contributed by atoms with Crippen molar-refractivity contribution in [1.29, 1.82) is 0 Å². The molecule has 1 aromatic rings. The number of nitrogens with zero attached hydrogens (tertiary/aromatic N) is 2. The second kappa shape index (κ2) is 7.45. The Morgan fingerprint density at radius 1 is 1.25 bits per heavy atom. The van der Waals surface area contributed by atoms with Crippen LogP contribution < -0.4 is 9.47 Å². The molecule has 6 heteroatoms. The lowest BCUT2D eigenvalue weighted by molar-refractivity contribution is -0.127. The van der Waals surface area contributed by atoms with E-state index in [0.29, 0.717) is 22.4 Å². The lowest BCUT2D eigenvalue weighted by atomic mass is 10.1. The lowest BCUT2D eigenvalue weighted by Crippen LogP contribution is -2.49. The first-order valence-corrected chi connectivity index (χ1v) is 8.69. The summed E-state index contributed by atoms with van der Waals surface area (Å²) in [5.41, 5.74) is 0.830. The van der Waals surface area contributed by atoms with Crippen molar-refractivity contribution in [3.63, 3.8) is 0 Å². The summed E-state index contributed by atoms with van der Waals surface area (Å²) in [6.45, 7) is 9.14. The van der Waals surface area contributed by atoms with Gasteiger partial charge >= 0.3 is 0 Å². The molecule has 0 bridgehead atoms. The fourth-order valence-electron chi connectivity index (χ4n) is 3.02. The molecule has 1 amide bonds. The van der Waals surface area contributed by atoms with Gasteiger partial charge in [-0.25, -0.2) is 0 Å². The average molecular weight is 351 g/mol. The highest BCUT2D eigenvalue weighted by molar-refractivity contribution is 6.32. The first kappa shape index (κ1) is 17.1. The summed E-state index contributed by atoms with van der Waals surface area (Å²) in [7, 11) is 0. The normalized spacial score (nSPS) is 17.9. The molecule has 1 aromatic carbocycles. The van der Waals surface area contributed by atoms with Gasteiger partial charge in [-0.05, 0) is 29.7 Å². The topological polar surface area (TPSA) is 42.0 Å². The van der Waals surface area contributed by atoms with E-state index in [9.17, 15) is 4.79 Å². The molecule has 2 aliphatic rings. The smallest absolute Gasteiger partial charge is 0.246 e. The van der Waals surface area contributed by atoms with Crippen LogP contribution in [0.5, 0.6) is 11.5 Å². The van der Waals surface area contributed by atoms with Gasteiger partial charge in [0.2, 0.25) is 12.7 Å². The number of carbonyl (C=O) groups is 1. The van der Waals surface area contributed by atoms with Crippen molar-refractivity contribution in [2.75, 3.05) is 39.5 Å². The van der Waals surface area contributed by atoms with Crippen molar-refractivity contribution in [2.45, 2.75) is 13.8 Å². The van der Waals surface area contributed by atoms with E-state index in [-0.39, 0.29) is 12.7 Å². The number of amides is 1. The highest BCUT2D eigenvalue weighted by atomic mass is 35.5. The fraction of sp³-hybridized carbons (Fsp3) is 0.500. The van der Waals surface area contributed by atoms with Gasteiger partial charge in [0.1, 0.15) is 0 Å². The van der Waals surface area contributed by atoms with Gasteiger partial charge in [0, 0.05) is 38.8 Å². The maximum atomic E-state index is 12.4. The van der Waals surface area contributed by atoms with Crippen molar-refractivity contribution in [3.8, 4) is 11.5 Å². The predicted octanol–water partition coefficient (Wildman–Crippen LogP) is 2.88. The summed E-state index contributed by atoms with van der Waals surface area (Å²) in [5.74, 6) is 1.88. The molecule has 130 valence electrons. The molecule has 0 aliphatic carbocycles. The van der Waals surface area contributed by atoms with E-state index in [2.05, 4.69) is 18.7 Å². The Hall–Kier alpha value is -1.72. The largest absolute Gasteiger partial charge is 0.454 e. The number of piperazine rings is 1. The summed E-state index contributed by atoms with van der Waals surface area (Å²) in [5, 5.41) is 0.499. The fourth-order valence-corrected chi connectivity index (χ4v) is 3.30. The zero-order valence-electron chi connectivity index (χ0n) is 14.1. The Kier molecular flexibility index (Phi) is 5.31. The number of benzene rings is 1. The van der Waals surface area contributed by atoms with Crippen LogP contribution >= 0.6 is 11.6 Å². The number of fused-ring (bicyclic) bond motifs is 1. The van der Waals surface area contributed by atoms with E-state index >= 15 is 0 Å². The number of ether oxygens (including phenoxy) is 2. The van der Waals surface area contributed by atoms with E-state index < -0.39 is 0 Å². The van der Waals surface area contributed by atoms with Gasteiger partial charge in [-0.1, -0.05) is 25.4 Å². The minimum absolute atomic E-state index is 0.0352. The van der Waals surface area contributed by atoms with E-state index in [1.807, 2.05) is 11.0 Å². The number of carbonyl (C=O) groups excluding carboxylic acids is 1. The number of halogens is 1. The SMILES string of the molecule is CC(C)CN1CCN(C(=O)/C=C/c2cc(Cl)c3c(c2)OCO3)CC1. The first-order chi connectivity index (χ1) is 11.5. The molecule has 0 radical (unpaired) electrons. The molecular formula is C18H23ClN2O3. The van der Waals surface area contributed by atoms with Crippen molar-refractivity contribution in [1.82, 2.24) is 9.80 Å². The molecule has 0 unspecified atom stereocenters. The standard InChI is InChI=1S/C18H23ClN2O3/c1-13(2)11-20-5-7-21(8-6-20)17(22)4-3-14-9-15(19)18-16(10-14)23-12-24-18/h3-4,9-10,13H,5-8,11-12H2,1-2H3/b4-3+. The second-order valence-corrected chi connectivity index (χ2v) is 7.00. The molecule has 0 atom stereocenters. The maximum Gasteiger partial charge on any atom is 0.246 e. The van der Waals surface area contributed by atoms with Gasteiger partial charge in [0.25, 0.3) is 0 Å². The van der Waals surface area contributed by atoms with Crippen LogP contribution in [-0.2, 0) is 4.79 Å². The molecule has 1 saturated heterocycles. The van der Waals surface area contributed by atoms with Gasteiger partial charge in [-0.15, -0.1) is 0 Å². The Morgan fingerprint density at radius 3 is 2.71 bits per heavy atom. The molecule has 1 fully saturated rings. The van der Waals surface area contributed by atoms with Crippen LogP contribution in [-0.4, -0.2) is 55.2 Å². The molecule has 5 nitrogen and oxygen atoms in total. The average Bonchev–Trinajstić information content (AvgIpc) is 3.02. The van der Waals surface area contributed by atoms with E-state index in [0.717, 1.165) is 38.3 Å². The highest BCUT2D eigenvalue weighted by Gasteiger charge is 2.20. The van der Waals surface area contributed by atoms with Crippen LogP contribution in [0.15, 0.2) is 18.2 Å². The van der Waals surface area contributed by atoms with E-state index in [1.165, 1.54) is 0 Å². The van der Waals surface area contributed by atoms with Crippen LogP contribution in [0, 0.1) is 5.92 Å². The third-order valence-corrected chi connectivity index (χ3v) is 4.46. The monoisotopic (exact) mass is 350 g/mol. The zero-order chi connectivity index (χ0) is 17.1. The van der Waals surface area contributed by atoms with Crippen LogP contribution in [0.3, 0.4) is 0 Å². The molecule has 2 aliphatic heterocycles. The Bertz CT molecular complexity index is 637. The second-order valence-electron chi connectivity index (χ2n) is 6.59. The van der Waals surface area contributed by atoms with Gasteiger partial charge in [0.05, 0.1) is 5.02 Å². The summed E-state index contributed by atoms with van der Waals surface area (Å²) in [6.07, 6.45) is 3.38. The molecule has 0 N–H and O–H groups in total. The lowest BCUT2D eigenvalue weighted by Gasteiger charge is -2.35. The van der Waals surface area contributed by atoms with Crippen molar-refractivity contribution < 1.29 is 14.3 Å². The number of hydrogen-bond donors (Lipinski definition) is 0. The Balaban J connectivity index is 1.57. The summed E-state index contributed by atoms with van der Waals surface area (Å²) >= 11 is 6.16. The van der Waals surface area contributed by atoms with Gasteiger partial charge in [0.15, 0.2) is 11.5 Å². The van der Waals surface area contributed by atoms with Crippen LogP contribution in [0.2, 0.25) is 5.02 Å². The van der Waals surface area contributed by atoms with Crippen LogP contribution in [0.1, 0.15) is 19.4 Å². The quantitative estimate of drug-likeness (QED) is 0.783. The summed E-state index contributed by atoms with van der Waals surface area (Å²) in [4.78, 5) is 16.7. The molecule has 2 heterocycles.